The average Bonchev–Trinajstić information content (AvgIpc) is 2.71. The molecule has 2 rings (SSSR count). The highest BCUT2D eigenvalue weighted by atomic mass is 32.2. The van der Waals surface area contributed by atoms with Gasteiger partial charge in [0.05, 0.1) is 24.3 Å². The molecule has 0 aliphatic heterocycles. The Hall–Kier alpha value is -2.74. The van der Waals surface area contributed by atoms with Gasteiger partial charge < -0.3 is 20.1 Å². The first kappa shape index (κ1) is 21.6. The van der Waals surface area contributed by atoms with Crippen LogP contribution in [0.1, 0.15) is 6.92 Å². The first-order chi connectivity index (χ1) is 13.4. The van der Waals surface area contributed by atoms with Crippen LogP contribution in [0, 0.1) is 0 Å². The normalized spacial score (nSPS) is 12.9. The topological polar surface area (TPSA) is 89.0 Å². The Morgan fingerprint density at radius 1 is 1.07 bits per heavy atom. The van der Waals surface area contributed by atoms with E-state index in [9.17, 15) is 8.42 Å². The third kappa shape index (κ3) is 6.77. The van der Waals surface area contributed by atoms with Crippen LogP contribution in [0.4, 0.5) is 0 Å². The smallest absolute Gasteiger partial charge is 0.191 e. The van der Waals surface area contributed by atoms with E-state index in [1.807, 2.05) is 31.2 Å². The van der Waals surface area contributed by atoms with Gasteiger partial charge in [0.1, 0.15) is 17.6 Å². The number of aliphatic imine (C=N–C) groups is 1. The molecular weight excluding hydrogens is 378 g/mol. The van der Waals surface area contributed by atoms with E-state index < -0.39 is 9.84 Å². The van der Waals surface area contributed by atoms with Gasteiger partial charge in [0.15, 0.2) is 15.8 Å². The molecule has 0 aliphatic carbocycles. The number of methoxy groups -OCH3 is 1. The number of nitrogens with zero attached hydrogens (tertiary/aromatic N) is 1. The lowest BCUT2D eigenvalue weighted by atomic mass is 10.3. The molecule has 2 aromatic carbocycles. The maximum Gasteiger partial charge on any atom is 0.191 e. The van der Waals surface area contributed by atoms with E-state index in [1.165, 1.54) is 0 Å². The predicted octanol–water partition coefficient (Wildman–Crippen LogP) is 2.10. The van der Waals surface area contributed by atoms with Crippen molar-refractivity contribution in [1.82, 2.24) is 10.6 Å². The first-order valence-corrected chi connectivity index (χ1v) is 10.6. The Labute approximate surface area is 166 Å². The highest BCUT2D eigenvalue weighted by molar-refractivity contribution is 7.91. The molecular formula is C20H27N3O4S. The van der Waals surface area contributed by atoms with Crippen LogP contribution in [-0.2, 0) is 9.84 Å². The monoisotopic (exact) mass is 405 g/mol. The van der Waals surface area contributed by atoms with Crippen molar-refractivity contribution in [3.63, 3.8) is 0 Å². The number of guanidine groups is 1. The summed E-state index contributed by atoms with van der Waals surface area (Å²) < 4.78 is 35.6. The van der Waals surface area contributed by atoms with E-state index in [2.05, 4.69) is 15.6 Å². The van der Waals surface area contributed by atoms with Gasteiger partial charge in [0.2, 0.25) is 0 Å². The van der Waals surface area contributed by atoms with Crippen LogP contribution < -0.4 is 20.1 Å². The summed E-state index contributed by atoms with van der Waals surface area (Å²) in [7, 11) is -0.0822. The predicted molar refractivity (Wildman–Crippen MR) is 111 cm³/mol. The number of hydrogen-bond acceptors (Lipinski definition) is 5. The summed E-state index contributed by atoms with van der Waals surface area (Å²) in [4.78, 5) is 4.43. The van der Waals surface area contributed by atoms with Crippen molar-refractivity contribution in [1.29, 1.82) is 0 Å². The number of hydrogen-bond donors (Lipinski definition) is 2. The van der Waals surface area contributed by atoms with E-state index in [0.717, 1.165) is 5.75 Å². The van der Waals surface area contributed by atoms with E-state index >= 15 is 0 Å². The van der Waals surface area contributed by atoms with Gasteiger partial charge >= 0.3 is 0 Å². The minimum absolute atomic E-state index is 0.0203. The van der Waals surface area contributed by atoms with Crippen LogP contribution in [0.15, 0.2) is 64.5 Å². The lowest BCUT2D eigenvalue weighted by Gasteiger charge is -2.18. The molecule has 0 saturated carbocycles. The molecule has 2 aromatic rings. The van der Waals surface area contributed by atoms with Crippen LogP contribution in [0.5, 0.6) is 11.5 Å². The van der Waals surface area contributed by atoms with Gasteiger partial charge in [-0.1, -0.05) is 24.3 Å². The maximum atomic E-state index is 12.3. The van der Waals surface area contributed by atoms with E-state index in [-0.39, 0.29) is 18.4 Å². The molecule has 28 heavy (non-hydrogen) atoms. The fraction of sp³-hybridized carbons (Fsp3) is 0.350. The molecule has 1 unspecified atom stereocenters. The summed E-state index contributed by atoms with van der Waals surface area (Å²) in [6.45, 7) is 2.68. The Morgan fingerprint density at radius 3 is 2.46 bits per heavy atom. The van der Waals surface area contributed by atoms with Crippen molar-refractivity contribution < 1.29 is 17.9 Å². The van der Waals surface area contributed by atoms with Crippen LogP contribution in [0.25, 0.3) is 0 Å². The highest BCUT2D eigenvalue weighted by Crippen LogP contribution is 2.19. The summed E-state index contributed by atoms with van der Waals surface area (Å²) >= 11 is 0. The molecule has 0 aliphatic rings. The van der Waals surface area contributed by atoms with Crippen LogP contribution in [0.2, 0.25) is 0 Å². The molecule has 0 spiro atoms. The summed E-state index contributed by atoms with van der Waals surface area (Å²) in [5.41, 5.74) is 0. The molecule has 152 valence electrons. The van der Waals surface area contributed by atoms with Gasteiger partial charge in [-0.05, 0) is 31.2 Å². The summed E-state index contributed by atoms with van der Waals surface area (Å²) in [6, 6.07) is 15.8. The maximum absolute atomic E-state index is 12.3. The SMILES string of the molecule is CN=C(NCCS(=O)(=O)c1ccccc1)NCC(C)Oc1cccc(OC)c1. The molecule has 0 heterocycles. The molecule has 2 N–H and O–H groups in total. The number of nitrogens with one attached hydrogen (secondary N) is 2. The van der Waals surface area contributed by atoms with Crippen molar-refractivity contribution in [2.75, 3.05) is 33.0 Å². The third-order valence-electron chi connectivity index (χ3n) is 3.92. The van der Waals surface area contributed by atoms with Crippen molar-refractivity contribution in [2.45, 2.75) is 17.9 Å². The minimum atomic E-state index is -3.32. The minimum Gasteiger partial charge on any atom is -0.497 e. The lowest BCUT2D eigenvalue weighted by Crippen LogP contribution is -2.43. The Bertz CT molecular complexity index is 870. The highest BCUT2D eigenvalue weighted by Gasteiger charge is 2.14. The number of benzene rings is 2. The lowest BCUT2D eigenvalue weighted by molar-refractivity contribution is 0.223. The number of rotatable bonds is 9. The molecule has 7 nitrogen and oxygen atoms in total. The van der Waals surface area contributed by atoms with Crippen LogP contribution in [0.3, 0.4) is 0 Å². The number of ether oxygens (including phenoxy) is 2. The van der Waals surface area contributed by atoms with Crippen molar-refractivity contribution in [3.05, 3.63) is 54.6 Å². The summed E-state index contributed by atoms with van der Waals surface area (Å²) in [6.07, 6.45) is -0.126. The second kappa shape index (κ2) is 10.6. The van der Waals surface area contributed by atoms with Crippen LogP contribution in [-0.4, -0.2) is 53.5 Å². The summed E-state index contributed by atoms with van der Waals surface area (Å²) in [5, 5.41) is 6.15. The molecule has 0 aromatic heterocycles. The second-order valence-electron chi connectivity index (χ2n) is 6.12. The van der Waals surface area contributed by atoms with Crippen molar-refractivity contribution >= 4 is 15.8 Å². The number of sulfone groups is 1. The molecule has 1 atom stereocenters. The van der Waals surface area contributed by atoms with Crippen molar-refractivity contribution in [3.8, 4) is 11.5 Å². The van der Waals surface area contributed by atoms with Gasteiger partial charge in [0.25, 0.3) is 0 Å². The fourth-order valence-electron chi connectivity index (χ4n) is 2.46. The van der Waals surface area contributed by atoms with Gasteiger partial charge in [0, 0.05) is 19.7 Å². The fourth-order valence-corrected chi connectivity index (χ4v) is 3.64. The Kier molecular flexibility index (Phi) is 8.13. The zero-order valence-corrected chi connectivity index (χ0v) is 17.2. The zero-order valence-electron chi connectivity index (χ0n) is 16.4. The zero-order chi connectivity index (χ0) is 20.4. The van der Waals surface area contributed by atoms with E-state index in [4.69, 9.17) is 9.47 Å². The molecule has 0 radical (unpaired) electrons. The Balaban J connectivity index is 1.78. The second-order valence-corrected chi connectivity index (χ2v) is 8.23. The van der Waals surface area contributed by atoms with Gasteiger partial charge in [-0.2, -0.15) is 0 Å². The van der Waals surface area contributed by atoms with E-state index in [0.29, 0.717) is 23.1 Å². The molecule has 0 bridgehead atoms. The van der Waals surface area contributed by atoms with Gasteiger partial charge in [-0.15, -0.1) is 0 Å². The van der Waals surface area contributed by atoms with Crippen molar-refractivity contribution in [2.24, 2.45) is 4.99 Å². The van der Waals surface area contributed by atoms with E-state index in [1.54, 1.807) is 44.5 Å². The standard InChI is InChI=1S/C20H27N3O4S/c1-16(27-18-9-7-8-17(14-18)26-3)15-23-20(21-2)22-12-13-28(24,25)19-10-5-4-6-11-19/h4-11,14,16H,12-13,15H2,1-3H3,(H2,21,22,23). The average molecular weight is 406 g/mol. The third-order valence-corrected chi connectivity index (χ3v) is 5.66. The largest absolute Gasteiger partial charge is 0.497 e. The molecule has 8 heteroatoms. The van der Waals surface area contributed by atoms with Gasteiger partial charge in [-0.3, -0.25) is 4.99 Å². The molecule has 0 saturated heterocycles. The molecule has 0 fully saturated rings. The quantitative estimate of drug-likeness (QED) is 0.491. The van der Waals surface area contributed by atoms with Gasteiger partial charge in [-0.25, -0.2) is 8.42 Å². The van der Waals surface area contributed by atoms with Crippen LogP contribution >= 0.6 is 0 Å². The molecule has 0 amide bonds. The Morgan fingerprint density at radius 2 is 1.79 bits per heavy atom. The first-order valence-electron chi connectivity index (χ1n) is 8.97. The summed E-state index contributed by atoms with van der Waals surface area (Å²) in [5.74, 6) is 1.94.